The number of carbonyl (C=O) groups excluding carboxylic acids is 1. The molecule has 0 fully saturated rings. The number of hydrogen-bond acceptors (Lipinski definition) is 2. The van der Waals surface area contributed by atoms with E-state index in [2.05, 4.69) is 26.2 Å². The molecule has 0 saturated heterocycles. The standard InChI is InChI=1S/C12H12BrN3O/c1-16-8-14-7-11(16)12(17)15-10-4-2-9(6-13)3-5-10/h2-5,7-8H,6H2,1H3,(H,15,17). The number of aryl methyl sites for hydroxylation is 1. The van der Waals surface area contributed by atoms with Gasteiger partial charge in [-0.2, -0.15) is 0 Å². The molecule has 88 valence electrons. The van der Waals surface area contributed by atoms with Gasteiger partial charge in [0.15, 0.2) is 0 Å². The molecule has 0 bridgehead atoms. The summed E-state index contributed by atoms with van der Waals surface area (Å²) in [6.45, 7) is 0. The molecule has 1 aromatic carbocycles. The highest BCUT2D eigenvalue weighted by atomic mass is 79.9. The molecular weight excluding hydrogens is 282 g/mol. The third-order valence-corrected chi connectivity index (χ3v) is 3.06. The molecule has 1 amide bonds. The van der Waals surface area contributed by atoms with E-state index in [1.807, 2.05) is 24.3 Å². The third-order valence-electron chi connectivity index (χ3n) is 2.42. The predicted molar refractivity (Wildman–Crippen MR) is 70.2 cm³/mol. The van der Waals surface area contributed by atoms with Gasteiger partial charge in [0.1, 0.15) is 5.69 Å². The Hall–Kier alpha value is -1.62. The lowest BCUT2D eigenvalue weighted by molar-refractivity contribution is 0.101. The summed E-state index contributed by atoms with van der Waals surface area (Å²) < 4.78 is 1.68. The van der Waals surface area contributed by atoms with Crippen molar-refractivity contribution in [2.24, 2.45) is 7.05 Å². The zero-order chi connectivity index (χ0) is 12.3. The number of nitrogens with one attached hydrogen (secondary N) is 1. The molecule has 0 aliphatic heterocycles. The lowest BCUT2D eigenvalue weighted by Crippen LogP contribution is -2.15. The van der Waals surface area contributed by atoms with Crippen LogP contribution in [0.15, 0.2) is 36.8 Å². The first-order valence-corrected chi connectivity index (χ1v) is 6.25. The number of imidazole rings is 1. The van der Waals surface area contributed by atoms with Crippen LogP contribution < -0.4 is 5.32 Å². The summed E-state index contributed by atoms with van der Waals surface area (Å²) in [7, 11) is 1.79. The summed E-state index contributed by atoms with van der Waals surface area (Å²) in [5.41, 5.74) is 2.49. The number of alkyl halides is 1. The van der Waals surface area contributed by atoms with E-state index >= 15 is 0 Å². The number of hydrogen-bond donors (Lipinski definition) is 1. The Bertz CT molecular complexity index is 519. The molecule has 4 nitrogen and oxygen atoms in total. The van der Waals surface area contributed by atoms with Crippen LogP contribution in [0.3, 0.4) is 0 Å². The van der Waals surface area contributed by atoms with E-state index in [-0.39, 0.29) is 5.91 Å². The van der Waals surface area contributed by atoms with Gasteiger partial charge in [-0.3, -0.25) is 4.79 Å². The van der Waals surface area contributed by atoms with Crippen molar-refractivity contribution in [1.82, 2.24) is 9.55 Å². The first-order chi connectivity index (χ1) is 8.20. The second kappa shape index (κ2) is 5.14. The summed E-state index contributed by atoms with van der Waals surface area (Å²) in [5, 5.41) is 3.63. The molecule has 0 aliphatic carbocycles. The lowest BCUT2D eigenvalue weighted by atomic mass is 10.2. The highest BCUT2D eigenvalue weighted by Crippen LogP contribution is 2.12. The number of amides is 1. The van der Waals surface area contributed by atoms with Gasteiger partial charge in [-0.05, 0) is 17.7 Å². The van der Waals surface area contributed by atoms with Gasteiger partial charge in [-0.25, -0.2) is 4.98 Å². The summed E-state index contributed by atoms with van der Waals surface area (Å²) in [6, 6.07) is 7.69. The molecule has 0 spiro atoms. The Morgan fingerprint density at radius 1 is 1.41 bits per heavy atom. The summed E-state index contributed by atoms with van der Waals surface area (Å²) in [6.07, 6.45) is 3.14. The Balaban J connectivity index is 2.10. The van der Waals surface area contributed by atoms with Crippen LogP contribution in [0.2, 0.25) is 0 Å². The fourth-order valence-electron chi connectivity index (χ4n) is 1.45. The van der Waals surface area contributed by atoms with Crippen molar-refractivity contribution in [3.05, 3.63) is 48.0 Å². The molecule has 0 atom stereocenters. The van der Waals surface area contributed by atoms with Gasteiger partial charge in [0.25, 0.3) is 5.91 Å². The number of halogens is 1. The average Bonchev–Trinajstić information content (AvgIpc) is 2.76. The molecule has 0 aliphatic rings. The zero-order valence-electron chi connectivity index (χ0n) is 9.35. The first kappa shape index (κ1) is 11.9. The zero-order valence-corrected chi connectivity index (χ0v) is 10.9. The molecule has 17 heavy (non-hydrogen) atoms. The van der Waals surface area contributed by atoms with Crippen LogP contribution in [0, 0.1) is 0 Å². The van der Waals surface area contributed by atoms with Crippen LogP contribution >= 0.6 is 15.9 Å². The molecule has 1 heterocycles. The molecule has 1 aromatic heterocycles. The van der Waals surface area contributed by atoms with Gasteiger partial charge >= 0.3 is 0 Å². The molecule has 1 N–H and O–H groups in total. The van der Waals surface area contributed by atoms with Crippen molar-refractivity contribution >= 4 is 27.5 Å². The van der Waals surface area contributed by atoms with E-state index in [1.165, 1.54) is 5.56 Å². The van der Waals surface area contributed by atoms with Crippen LogP contribution in [-0.2, 0) is 12.4 Å². The number of carbonyl (C=O) groups is 1. The van der Waals surface area contributed by atoms with Crippen molar-refractivity contribution in [3.63, 3.8) is 0 Å². The molecule has 0 radical (unpaired) electrons. The van der Waals surface area contributed by atoms with Crippen LogP contribution in [0.5, 0.6) is 0 Å². The summed E-state index contributed by atoms with van der Waals surface area (Å²) in [4.78, 5) is 15.8. The highest BCUT2D eigenvalue weighted by Gasteiger charge is 2.09. The largest absolute Gasteiger partial charge is 0.330 e. The van der Waals surface area contributed by atoms with E-state index < -0.39 is 0 Å². The van der Waals surface area contributed by atoms with Gasteiger partial charge in [-0.15, -0.1) is 0 Å². The van der Waals surface area contributed by atoms with Gasteiger partial charge in [0.2, 0.25) is 0 Å². The van der Waals surface area contributed by atoms with E-state index in [0.29, 0.717) is 5.69 Å². The Kier molecular flexibility index (Phi) is 3.58. The second-order valence-electron chi connectivity index (χ2n) is 3.67. The molecule has 0 saturated carbocycles. The van der Waals surface area contributed by atoms with E-state index in [0.717, 1.165) is 11.0 Å². The van der Waals surface area contributed by atoms with Gasteiger partial charge in [-0.1, -0.05) is 28.1 Å². The maximum Gasteiger partial charge on any atom is 0.273 e. The van der Waals surface area contributed by atoms with Gasteiger partial charge < -0.3 is 9.88 Å². The fraction of sp³-hybridized carbons (Fsp3) is 0.167. The highest BCUT2D eigenvalue weighted by molar-refractivity contribution is 9.08. The van der Waals surface area contributed by atoms with Crippen molar-refractivity contribution in [2.75, 3.05) is 5.32 Å². The molecule has 5 heteroatoms. The fourth-order valence-corrected chi connectivity index (χ4v) is 1.82. The number of anilines is 1. The summed E-state index contributed by atoms with van der Waals surface area (Å²) >= 11 is 3.37. The number of rotatable bonds is 3. The van der Waals surface area contributed by atoms with Gasteiger partial charge in [0, 0.05) is 18.1 Å². The Morgan fingerprint density at radius 3 is 2.65 bits per heavy atom. The third kappa shape index (κ3) is 2.74. The second-order valence-corrected chi connectivity index (χ2v) is 4.24. The predicted octanol–water partition coefficient (Wildman–Crippen LogP) is 2.57. The Morgan fingerprint density at radius 2 is 2.12 bits per heavy atom. The summed E-state index contributed by atoms with van der Waals surface area (Å²) in [5.74, 6) is -0.156. The minimum absolute atomic E-state index is 0.156. The minimum Gasteiger partial charge on any atom is -0.330 e. The van der Waals surface area contributed by atoms with E-state index in [4.69, 9.17) is 0 Å². The Labute approximate surface area is 108 Å². The number of benzene rings is 1. The SMILES string of the molecule is Cn1cncc1C(=O)Nc1ccc(CBr)cc1. The number of aromatic nitrogens is 2. The quantitative estimate of drug-likeness (QED) is 0.884. The molecule has 2 aromatic rings. The van der Waals surface area contributed by atoms with Crippen LogP contribution in [0.4, 0.5) is 5.69 Å². The maximum absolute atomic E-state index is 11.9. The monoisotopic (exact) mass is 293 g/mol. The van der Waals surface area contributed by atoms with Crippen molar-refractivity contribution < 1.29 is 4.79 Å². The van der Waals surface area contributed by atoms with Crippen molar-refractivity contribution in [1.29, 1.82) is 0 Å². The van der Waals surface area contributed by atoms with Crippen LogP contribution in [0.1, 0.15) is 16.1 Å². The smallest absolute Gasteiger partial charge is 0.273 e. The molecule has 2 rings (SSSR count). The molecular formula is C12H12BrN3O. The average molecular weight is 294 g/mol. The van der Waals surface area contributed by atoms with Crippen LogP contribution in [0.25, 0.3) is 0 Å². The van der Waals surface area contributed by atoms with Crippen LogP contribution in [-0.4, -0.2) is 15.5 Å². The minimum atomic E-state index is -0.156. The molecule has 0 unspecified atom stereocenters. The lowest BCUT2D eigenvalue weighted by Gasteiger charge is -2.05. The van der Waals surface area contributed by atoms with E-state index in [9.17, 15) is 4.79 Å². The maximum atomic E-state index is 11.9. The van der Waals surface area contributed by atoms with Crippen molar-refractivity contribution in [3.8, 4) is 0 Å². The van der Waals surface area contributed by atoms with Crippen molar-refractivity contribution in [2.45, 2.75) is 5.33 Å². The topological polar surface area (TPSA) is 46.9 Å². The van der Waals surface area contributed by atoms with E-state index in [1.54, 1.807) is 24.1 Å². The normalized spacial score (nSPS) is 10.2. The first-order valence-electron chi connectivity index (χ1n) is 5.13. The number of nitrogens with zero attached hydrogens (tertiary/aromatic N) is 2. The van der Waals surface area contributed by atoms with Gasteiger partial charge in [0.05, 0.1) is 12.5 Å².